The molecule has 2 N–H and O–H groups in total. The van der Waals surface area contributed by atoms with Crippen molar-refractivity contribution in [1.82, 2.24) is 0 Å². The molecule has 0 saturated heterocycles. The van der Waals surface area contributed by atoms with Gasteiger partial charge in [0.25, 0.3) is 0 Å². The van der Waals surface area contributed by atoms with Gasteiger partial charge in [0.1, 0.15) is 11.6 Å². The molecule has 3 rings (SSSR count). The predicted octanol–water partition coefficient (Wildman–Crippen LogP) is 4.53. The standard InChI is InChI=1S/C19H11F2NO3/c1-22-16-5-4-11-2-3-12(19(24)25)8-13(11)17(16)18-14(20)6-10(9-23)7-15(18)21/h2-8,23H,9H2,(H,24,25). The van der Waals surface area contributed by atoms with Crippen LogP contribution in [0.5, 0.6) is 0 Å². The molecule has 0 aliphatic carbocycles. The van der Waals surface area contributed by atoms with E-state index in [4.69, 9.17) is 11.7 Å². The Labute approximate surface area is 141 Å². The van der Waals surface area contributed by atoms with Crippen molar-refractivity contribution in [2.75, 3.05) is 0 Å². The number of aliphatic hydroxyl groups excluding tert-OH is 1. The molecular weight excluding hydrogens is 328 g/mol. The number of fused-ring (bicyclic) bond motifs is 1. The van der Waals surface area contributed by atoms with Crippen LogP contribution < -0.4 is 0 Å². The molecule has 3 aromatic carbocycles. The van der Waals surface area contributed by atoms with Gasteiger partial charge in [-0.1, -0.05) is 18.2 Å². The van der Waals surface area contributed by atoms with Crippen molar-refractivity contribution in [3.63, 3.8) is 0 Å². The zero-order valence-electron chi connectivity index (χ0n) is 12.8. The Morgan fingerprint density at radius 1 is 1.04 bits per heavy atom. The third kappa shape index (κ3) is 2.82. The molecule has 0 spiro atoms. The largest absolute Gasteiger partial charge is 0.478 e. The fraction of sp³-hybridized carbons (Fsp3) is 0.0526. The second-order valence-corrected chi connectivity index (χ2v) is 5.41. The van der Waals surface area contributed by atoms with E-state index in [1.807, 2.05) is 0 Å². The maximum absolute atomic E-state index is 14.5. The number of carboxylic acid groups (broad SMARTS) is 1. The molecule has 0 fully saturated rings. The molecule has 6 heteroatoms. The summed E-state index contributed by atoms with van der Waals surface area (Å²) in [6, 6.07) is 9.21. The van der Waals surface area contributed by atoms with Crippen molar-refractivity contribution in [3.05, 3.63) is 76.6 Å². The minimum Gasteiger partial charge on any atom is -0.478 e. The highest BCUT2D eigenvalue weighted by molar-refractivity contribution is 6.06. The average molecular weight is 339 g/mol. The number of carboxylic acids is 1. The lowest BCUT2D eigenvalue weighted by Crippen LogP contribution is -1.98. The van der Waals surface area contributed by atoms with Crippen LogP contribution in [-0.2, 0) is 6.61 Å². The molecule has 0 heterocycles. The summed E-state index contributed by atoms with van der Waals surface area (Å²) in [4.78, 5) is 14.5. The van der Waals surface area contributed by atoms with Crippen molar-refractivity contribution < 1.29 is 23.8 Å². The van der Waals surface area contributed by atoms with Crippen molar-refractivity contribution in [3.8, 4) is 11.1 Å². The molecule has 0 aliphatic heterocycles. The van der Waals surface area contributed by atoms with E-state index in [1.165, 1.54) is 24.3 Å². The van der Waals surface area contributed by atoms with Gasteiger partial charge in [-0.05, 0) is 40.6 Å². The molecule has 25 heavy (non-hydrogen) atoms. The number of hydrogen-bond donors (Lipinski definition) is 2. The lowest BCUT2D eigenvalue weighted by molar-refractivity contribution is 0.0697. The van der Waals surface area contributed by atoms with E-state index >= 15 is 0 Å². The van der Waals surface area contributed by atoms with Gasteiger partial charge in [0, 0.05) is 11.1 Å². The van der Waals surface area contributed by atoms with Crippen molar-refractivity contribution in [2.45, 2.75) is 6.61 Å². The van der Waals surface area contributed by atoms with E-state index in [-0.39, 0.29) is 27.8 Å². The number of carbonyl (C=O) groups is 1. The molecule has 4 nitrogen and oxygen atoms in total. The van der Waals surface area contributed by atoms with Crippen LogP contribution in [0.1, 0.15) is 15.9 Å². The Kier molecular flexibility index (Phi) is 4.17. The third-order valence-corrected chi connectivity index (χ3v) is 3.90. The maximum atomic E-state index is 14.5. The number of aliphatic hydroxyl groups is 1. The number of nitrogens with zero attached hydrogens (tertiary/aromatic N) is 1. The molecule has 0 aromatic heterocycles. The Balaban J connectivity index is 2.44. The highest BCUT2D eigenvalue weighted by Crippen LogP contribution is 2.40. The van der Waals surface area contributed by atoms with Gasteiger partial charge in [0.05, 0.1) is 18.7 Å². The second-order valence-electron chi connectivity index (χ2n) is 5.41. The number of benzene rings is 3. The zero-order valence-corrected chi connectivity index (χ0v) is 12.8. The van der Waals surface area contributed by atoms with Gasteiger partial charge in [-0.3, -0.25) is 0 Å². The highest BCUT2D eigenvalue weighted by atomic mass is 19.1. The first-order chi connectivity index (χ1) is 12.0. The van der Waals surface area contributed by atoms with E-state index in [1.54, 1.807) is 6.07 Å². The lowest BCUT2D eigenvalue weighted by Gasteiger charge is -2.13. The molecule has 0 atom stereocenters. The van der Waals surface area contributed by atoms with Gasteiger partial charge in [0.15, 0.2) is 5.69 Å². The molecule has 0 unspecified atom stereocenters. The summed E-state index contributed by atoms with van der Waals surface area (Å²) in [5.41, 5.74) is -0.408. The van der Waals surface area contributed by atoms with Crippen molar-refractivity contribution in [1.29, 1.82) is 0 Å². The van der Waals surface area contributed by atoms with Crippen LogP contribution in [0.2, 0.25) is 0 Å². The Morgan fingerprint density at radius 3 is 2.24 bits per heavy atom. The van der Waals surface area contributed by atoms with Gasteiger partial charge in [0.2, 0.25) is 0 Å². The minimum atomic E-state index is -1.18. The first kappa shape index (κ1) is 16.6. The topological polar surface area (TPSA) is 61.9 Å². The van der Waals surface area contributed by atoms with Gasteiger partial charge in [-0.2, -0.15) is 0 Å². The number of rotatable bonds is 3. The summed E-state index contributed by atoms with van der Waals surface area (Å²) in [7, 11) is 0. The lowest BCUT2D eigenvalue weighted by atomic mass is 9.93. The maximum Gasteiger partial charge on any atom is 0.335 e. The summed E-state index contributed by atoms with van der Waals surface area (Å²) >= 11 is 0. The molecule has 0 radical (unpaired) electrons. The Hall–Kier alpha value is -3.30. The summed E-state index contributed by atoms with van der Waals surface area (Å²) in [5.74, 6) is -3.04. The van der Waals surface area contributed by atoms with Crippen LogP contribution in [0.3, 0.4) is 0 Å². The molecule has 0 bridgehead atoms. The zero-order chi connectivity index (χ0) is 18.1. The number of aromatic carboxylic acids is 1. The van der Waals surface area contributed by atoms with E-state index in [2.05, 4.69) is 4.85 Å². The van der Waals surface area contributed by atoms with Crippen LogP contribution in [0.15, 0.2) is 42.5 Å². The summed E-state index contributed by atoms with van der Waals surface area (Å²) in [6.45, 7) is 6.77. The van der Waals surface area contributed by atoms with Crippen molar-refractivity contribution >= 4 is 22.4 Å². The van der Waals surface area contributed by atoms with Crippen LogP contribution >= 0.6 is 0 Å². The first-order valence-corrected chi connectivity index (χ1v) is 7.23. The van der Waals surface area contributed by atoms with E-state index < -0.39 is 29.8 Å². The van der Waals surface area contributed by atoms with Gasteiger partial charge in [-0.25, -0.2) is 18.4 Å². The van der Waals surface area contributed by atoms with Crippen molar-refractivity contribution in [2.24, 2.45) is 0 Å². The monoisotopic (exact) mass is 339 g/mol. The molecular formula is C19H11F2NO3. The van der Waals surface area contributed by atoms with E-state index in [0.717, 1.165) is 12.1 Å². The van der Waals surface area contributed by atoms with Crippen LogP contribution in [0.25, 0.3) is 26.7 Å². The minimum absolute atomic E-state index is 0.00425. The summed E-state index contributed by atoms with van der Waals surface area (Å²) < 4.78 is 29.0. The fourth-order valence-corrected chi connectivity index (χ4v) is 2.75. The van der Waals surface area contributed by atoms with Gasteiger partial charge < -0.3 is 10.2 Å². The molecule has 0 aliphatic rings. The Bertz CT molecular complexity index is 1030. The summed E-state index contributed by atoms with van der Waals surface area (Å²) in [5, 5.41) is 19.1. The van der Waals surface area contributed by atoms with Crippen LogP contribution in [0.4, 0.5) is 14.5 Å². The fourth-order valence-electron chi connectivity index (χ4n) is 2.75. The molecule has 3 aromatic rings. The SMILES string of the molecule is [C-]#[N+]c1ccc2ccc(C(=O)O)cc2c1-c1c(F)cc(CO)cc1F. The summed E-state index contributed by atoms with van der Waals surface area (Å²) in [6.07, 6.45) is 0. The Morgan fingerprint density at radius 2 is 1.68 bits per heavy atom. The number of hydrogen-bond acceptors (Lipinski definition) is 2. The average Bonchev–Trinajstić information content (AvgIpc) is 2.60. The van der Waals surface area contributed by atoms with E-state index in [9.17, 15) is 18.7 Å². The third-order valence-electron chi connectivity index (χ3n) is 3.90. The van der Waals surface area contributed by atoms with Gasteiger partial charge >= 0.3 is 5.97 Å². The first-order valence-electron chi connectivity index (χ1n) is 7.23. The molecule has 124 valence electrons. The highest BCUT2D eigenvalue weighted by Gasteiger charge is 2.20. The van der Waals surface area contributed by atoms with Gasteiger partial charge in [-0.15, -0.1) is 0 Å². The normalized spacial score (nSPS) is 10.6. The quantitative estimate of drug-likeness (QED) is 0.689. The predicted molar refractivity (Wildman–Crippen MR) is 88.4 cm³/mol. The van der Waals surface area contributed by atoms with Crippen LogP contribution in [0, 0.1) is 18.2 Å². The smallest absolute Gasteiger partial charge is 0.335 e. The van der Waals surface area contributed by atoms with Crippen LogP contribution in [-0.4, -0.2) is 16.2 Å². The second kappa shape index (κ2) is 6.30. The van der Waals surface area contributed by atoms with E-state index in [0.29, 0.717) is 5.39 Å². The molecule has 0 amide bonds. The number of halogens is 2. The molecule has 0 saturated carbocycles.